The summed E-state index contributed by atoms with van der Waals surface area (Å²) in [5.74, 6) is 1.93. The summed E-state index contributed by atoms with van der Waals surface area (Å²) in [6, 6.07) is 6.84. The molecular formula is C13H21NO2. The molecule has 1 unspecified atom stereocenters. The Balaban J connectivity index is 2.43. The Morgan fingerprint density at radius 2 is 2.12 bits per heavy atom. The van der Waals surface area contributed by atoms with E-state index in [1.54, 1.807) is 18.2 Å². The maximum absolute atomic E-state index is 9.28. The van der Waals surface area contributed by atoms with Gasteiger partial charge in [-0.2, -0.15) is 0 Å². The first kappa shape index (κ1) is 12.8. The molecule has 3 nitrogen and oxygen atoms in total. The van der Waals surface area contributed by atoms with E-state index in [1.807, 2.05) is 6.07 Å². The van der Waals surface area contributed by atoms with Crippen molar-refractivity contribution in [3.8, 4) is 11.5 Å². The largest absolute Gasteiger partial charge is 0.508 e. The van der Waals surface area contributed by atoms with E-state index >= 15 is 0 Å². The zero-order valence-electron chi connectivity index (χ0n) is 10.0. The average Bonchev–Trinajstić information content (AvgIpc) is 2.24. The second kappa shape index (κ2) is 6.38. The molecule has 0 heterocycles. The summed E-state index contributed by atoms with van der Waals surface area (Å²) >= 11 is 0. The SMILES string of the molecule is CC(C)CC(CN)COc1cccc(O)c1. The zero-order valence-corrected chi connectivity index (χ0v) is 10.0. The van der Waals surface area contributed by atoms with Gasteiger partial charge in [0.2, 0.25) is 0 Å². The molecule has 0 fully saturated rings. The third-order valence-electron chi connectivity index (χ3n) is 2.44. The molecule has 1 aromatic rings. The van der Waals surface area contributed by atoms with Gasteiger partial charge >= 0.3 is 0 Å². The van der Waals surface area contributed by atoms with Gasteiger partial charge in [-0.3, -0.25) is 0 Å². The molecule has 0 spiro atoms. The molecule has 0 radical (unpaired) electrons. The summed E-state index contributed by atoms with van der Waals surface area (Å²) in [6.07, 6.45) is 1.06. The van der Waals surface area contributed by atoms with Crippen LogP contribution in [0.5, 0.6) is 11.5 Å². The van der Waals surface area contributed by atoms with Gasteiger partial charge in [-0.25, -0.2) is 0 Å². The Hall–Kier alpha value is -1.22. The van der Waals surface area contributed by atoms with E-state index in [0.717, 1.165) is 6.42 Å². The van der Waals surface area contributed by atoms with E-state index in [9.17, 15) is 5.11 Å². The fourth-order valence-corrected chi connectivity index (χ4v) is 1.69. The quantitative estimate of drug-likeness (QED) is 0.778. The molecule has 3 heteroatoms. The fraction of sp³-hybridized carbons (Fsp3) is 0.538. The number of nitrogens with two attached hydrogens (primary N) is 1. The Morgan fingerprint density at radius 3 is 2.69 bits per heavy atom. The van der Waals surface area contributed by atoms with Gasteiger partial charge in [0.05, 0.1) is 6.61 Å². The Morgan fingerprint density at radius 1 is 1.38 bits per heavy atom. The average molecular weight is 223 g/mol. The first-order chi connectivity index (χ1) is 7.61. The zero-order chi connectivity index (χ0) is 12.0. The molecule has 0 aliphatic heterocycles. The van der Waals surface area contributed by atoms with E-state index in [-0.39, 0.29) is 5.75 Å². The minimum absolute atomic E-state index is 0.227. The molecule has 1 rings (SSSR count). The third-order valence-corrected chi connectivity index (χ3v) is 2.44. The van der Waals surface area contributed by atoms with Gasteiger partial charge < -0.3 is 15.6 Å². The van der Waals surface area contributed by atoms with Gasteiger partial charge in [0, 0.05) is 12.0 Å². The third kappa shape index (κ3) is 4.53. The second-order valence-corrected chi connectivity index (χ2v) is 4.54. The van der Waals surface area contributed by atoms with Crippen LogP contribution in [0.3, 0.4) is 0 Å². The number of phenolic OH excluding ortho intramolecular Hbond substituents is 1. The van der Waals surface area contributed by atoms with E-state index in [0.29, 0.717) is 30.7 Å². The molecule has 0 amide bonds. The van der Waals surface area contributed by atoms with Crippen LogP contribution in [-0.2, 0) is 0 Å². The summed E-state index contributed by atoms with van der Waals surface area (Å²) in [6.45, 7) is 5.60. The first-order valence-corrected chi connectivity index (χ1v) is 5.73. The molecule has 0 aliphatic rings. The van der Waals surface area contributed by atoms with Crippen molar-refractivity contribution in [3.63, 3.8) is 0 Å². The van der Waals surface area contributed by atoms with Crippen molar-refractivity contribution < 1.29 is 9.84 Å². The molecule has 0 bridgehead atoms. The van der Waals surface area contributed by atoms with Crippen LogP contribution in [0.4, 0.5) is 0 Å². The maximum atomic E-state index is 9.28. The standard InChI is InChI=1S/C13H21NO2/c1-10(2)6-11(8-14)9-16-13-5-3-4-12(15)7-13/h3-5,7,10-11,15H,6,8-9,14H2,1-2H3. The minimum atomic E-state index is 0.227. The number of ether oxygens (including phenoxy) is 1. The molecule has 0 saturated carbocycles. The van der Waals surface area contributed by atoms with E-state index in [2.05, 4.69) is 13.8 Å². The number of rotatable bonds is 6. The van der Waals surface area contributed by atoms with Crippen LogP contribution in [0.2, 0.25) is 0 Å². The molecule has 0 saturated heterocycles. The highest BCUT2D eigenvalue weighted by Gasteiger charge is 2.10. The molecule has 3 N–H and O–H groups in total. The van der Waals surface area contributed by atoms with E-state index in [1.165, 1.54) is 0 Å². The number of hydrogen-bond donors (Lipinski definition) is 2. The Bertz CT molecular complexity index is 313. The van der Waals surface area contributed by atoms with Crippen LogP contribution in [0.1, 0.15) is 20.3 Å². The van der Waals surface area contributed by atoms with Crippen molar-refractivity contribution in [1.82, 2.24) is 0 Å². The minimum Gasteiger partial charge on any atom is -0.508 e. The lowest BCUT2D eigenvalue weighted by molar-refractivity contribution is 0.230. The van der Waals surface area contributed by atoms with Gasteiger partial charge in [0.15, 0.2) is 0 Å². The predicted molar refractivity (Wildman–Crippen MR) is 65.6 cm³/mol. The Kier molecular flexibility index (Phi) is 5.12. The van der Waals surface area contributed by atoms with Gasteiger partial charge in [0.1, 0.15) is 11.5 Å². The topological polar surface area (TPSA) is 55.5 Å². The van der Waals surface area contributed by atoms with Crippen molar-refractivity contribution in [2.45, 2.75) is 20.3 Å². The van der Waals surface area contributed by atoms with Gasteiger partial charge in [-0.15, -0.1) is 0 Å². The fourth-order valence-electron chi connectivity index (χ4n) is 1.69. The highest BCUT2D eigenvalue weighted by molar-refractivity contribution is 5.31. The summed E-state index contributed by atoms with van der Waals surface area (Å²) in [5.41, 5.74) is 5.69. The summed E-state index contributed by atoms with van der Waals surface area (Å²) in [7, 11) is 0. The van der Waals surface area contributed by atoms with Crippen molar-refractivity contribution >= 4 is 0 Å². The maximum Gasteiger partial charge on any atom is 0.122 e. The van der Waals surface area contributed by atoms with Crippen LogP contribution in [0.25, 0.3) is 0 Å². The molecular weight excluding hydrogens is 202 g/mol. The number of phenols is 1. The van der Waals surface area contributed by atoms with Gasteiger partial charge in [-0.05, 0) is 31.0 Å². The lowest BCUT2D eigenvalue weighted by Gasteiger charge is -2.17. The summed E-state index contributed by atoms with van der Waals surface area (Å²) < 4.78 is 5.60. The summed E-state index contributed by atoms with van der Waals surface area (Å²) in [5, 5.41) is 9.28. The van der Waals surface area contributed by atoms with Crippen molar-refractivity contribution in [3.05, 3.63) is 24.3 Å². The van der Waals surface area contributed by atoms with Crippen molar-refractivity contribution in [2.75, 3.05) is 13.2 Å². The van der Waals surface area contributed by atoms with E-state index < -0.39 is 0 Å². The molecule has 0 aliphatic carbocycles. The van der Waals surface area contributed by atoms with Crippen molar-refractivity contribution in [2.24, 2.45) is 17.6 Å². The van der Waals surface area contributed by atoms with Crippen LogP contribution >= 0.6 is 0 Å². The van der Waals surface area contributed by atoms with Crippen LogP contribution in [0, 0.1) is 11.8 Å². The molecule has 16 heavy (non-hydrogen) atoms. The van der Waals surface area contributed by atoms with Gasteiger partial charge in [-0.1, -0.05) is 19.9 Å². The molecule has 0 aromatic heterocycles. The van der Waals surface area contributed by atoms with Crippen LogP contribution in [-0.4, -0.2) is 18.3 Å². The lowest BCUT2D eigenvalue weighted by Crippen LogP contribution is -2.23. The molecule has 1 aromatic carbocycles. The van der Waals surface area contributed by atoms with Crippen LogP contribution < -0.4 is 10.5 Å². The Labute approximate surface area is 97.2 Å². The first-order valence-electron chi connectivity index (χ1n) is 5.73. The van der Waals surface area contributed by atoms with Gasteiger partial charge in [0.25, 0.3) is 0 Å². The highest BCUT2D eigenvalue weighted by atomic mass is 16.5. The lowest BCUT2D eigenvalue weighted by atomic mass is 9.98. The molecule has 90 valence electrons. The second-order valence-electron chi connectivity index (χ2n) is 4.54. The smallest absolute Gasteiger partial charge is 0.122 e. The monoisotopic (exact) mass is 223 g/mol. The van der Waals surface area contributed by atoms with Crippen LogP contribution in [0.15, 0.2) is 24.3 Å². The molecule has 1 atom stereocenters. The predicted octanol–water partition coefficient (Wildman–Crippen LogP) is 2.39. The number of hydrogen-bond acceptors (Lipinski definition) is 3. The summed E-state index contributed by atoms with van der Waals surface area (Å²) in [4.78, 5) is 0. The van der Waals surface area contributed by atoms with Crippen molar-refractivity contribution in [1.29, 1.82) is 0 Å². The van der Waals surface area contributed by atoms with E-state index in [4.69, 9.17) is 10.5 Å². The number of benzene rings is 1. The number of aromatic hydroxyl groups is 1. The highest BCUT2D eigenvalue weighted by Crippen LogP contribution is 2.19. The normalized spacial score (nSPS) is 12.8.